The molecule has 0 unspecified atom stereocenters. The fourth-order valence-corrected chi connectivity index (χ4v) is 3.85. The molecule has 150 valence electrons. The minimum absolute atomic E-state index is 0.103. The van der Waals surface area contributed by atoms with Crippen molar-refractivity contribution in [2.24, 2.45) is 5.92 Å². The topological polar surface area (TPSA) is 66.7 Å². The number of aromatic nitrogens is 2. The van der Waals surface area contributed by atoms with E-state index in [1.54, 1.807) is 10.6 Å². The number of imidazole rings is 1. The molecule has 1 N–H and O–H groups in total. The fourth-order valence-electron chi connectivity index (χ4n) is 3.85. The van der Waals surface area contributed by atoms with Crippen LogP contribution < -0.4 is 5.32 Å². The van der Waals surface area contributed by atoms with E-state index in [1.807, 2.05) is 54.3 Å². The number of benzene rings is 1. The van der Waals surface area contributed by atoms with E-state index in [9.17, 15) is 9.59 Å². The number of anilines is 1. The molecule has 1 saturated heterocycles. The zero-order chi connectivity index (χ0) is 20.4. The summed E-state index contributed by atoms with van der Waals surface area (Å²) in [6, 6.07) is 13.3. The van der Waals surface area contributed by atoms with E-state index in [2.05, 4.69) is 17.2 Å². The minimum atomic E-state index is -0.321. The smallest absolute Gasteiger partial charge is 0.292 e. The molecular weight excluding hydrogens is 364 g/mol. The van der Waals surface area contributed by atoms with E-state index in [4.69, 9.17) is 0 Å². The number of aryl methyl sites for hydroxylation is 1. The predicted molar refractivity (Wildman–Crippen MR) is 113 cm³/mol. The summed E-state index contributed by atoms with van der Waals surface area (Å²) in [7, 11) is 0. The summed E-state index contributed by atoms with van der Waals surface area (Å²) < 4.78 is 1.70. The highest BCUT2D eigenvalue weighted by Gasteiger charge is 2.27. The Balaban J connectivity index is 1.67. The van der Waals surface area contributed by atoms with Gasteiger partial charge in [0.1, 0.15) is 0 Å². The van der Waals surface area contributed by atoms with Crippen molar-refractivity contribution in [2.75, 3.05) is 18.4 Å². The second-order valence-corrected chi connectivity index (χ2v) is 7.68. The van der Waals surface area contributed by atoms with Gasteiger partial charge < -0.3 is 10.2 Å². The molecule has 3 heterocycles. The molecule has 1 fully saturated rings. The summed E-state index contributed by atoms with van der Waals surface area (Å²) in [6.45, 7) is 5.73. The standard InChI is InChI=1S/C23H26N4O2/c1-3-17-8-4-5-9-18(17)24-22(28)21-25-20(19-10-6-7-13-27(19)21)23(29)26-14-11-16(2)12-15-26/h4-10,13,16H,3,11-12,14-15H2,1-2H3,(H,24,28). The van der Waals surface area contributed by atoms with Gasteiger partial charge in [-0.3, -0.25) is 14.0 Å². The molecule has 3 aromatic rings. The van der Waals surface area contributed by atoms with Crippen molar-refractivity contribution in [2.45, 2.75) is 33.1 Å². The number of carbonyl (C=O) groups is 2. The lowest BCUT2D eigenvalue weighted by molar-refractivity contribution is 0.0694. The van der Waals surface area contributed by atoms with Gasteiger partial charge in [0.25, 0.3) is 11.8 Å². The Morgan fingerprint density at radius 2 is 1.83 bits per heavy atom. The summed E-state index contributed by atoms with van der Waals surface area (Å²) >= 11 is 0. The molecule has 0 spiro atoms. The zero-order valence-electron chi connectivity index (χ0n) is 16.9. The summed E-state index contributed by atoms with van der Waals surface area (Å²) in [5, 5.41) is 2.96. The van der Waals surface area contributed by atoms with Gasteiger partial charge in [0.15, 0.2) is 5.69 Å². The van der Waals surface area contributed by atoms with Crippen LogP contribution in [0.15, 0.2) is 48.7 Å². The van der Waals surface area contributed by atoms with Gasteiger partial charge in [0, 0.05) is 25.0 Å². The second-order valence-electron chi connectivity index (χ2n) is 7.68. The van der Waals surface area contributed by atoms with Crippen LogP contribution in [-0.4, -0.2) is 39.2 Å². The van der Waals surface area contributed by atoms with Gasteiger partial charge >= 0.3 is 0 Å². The summed E-state index contributed by atoms with van der Waals surface area (Å²) in [5.41, 5.74) is 2.82. The first kappa shape index (κ1) is 19.2. The molecule has 6 nitrogen and oxygen atoms in total. The van der Waals surface area contributed by atoms with Crippen molar-refractivity contribution in [3.05, 3.63) is 65.7 Å². The number of nitrogens with one attached hydrogen (secondary N) is 1. The second kappa shape index (κ2) is 8.07. The highest BCUT2D eigenvalue weighted by atomic mass is 16.2. The highest BCUT2D eigenvalue weighted by Crippen LogP contribution is 2.22. The molecule has 0 radical (unpaired) electrons. The number of rotatable bonds is 4. The molecule has 1 aliphatic rings. The van der Waals surface area contributed by atoms with Crippen molar-refractivity contribution >= 4 is 23.0 Å². The first-order valence-electron chi connectivity index (χ1n) is 10.2. The van der Waals surface area contributed by atoms with Gasteiger partial charge in [-0.2, -0.15) is 0 Å². The SMILES string of the molecule is CCc1ccccc1NC(=O)c1nc(C(=O)N2CCC(C)CC2)c2ccccn12. The number of hydrogen-bond donors (Lipinski definition) is 1. The van der Waals surface area contributed by atoms with Crippen LogP contribution in [0.2, 0.25) is 0 Å². The van der Waals surface area contributed by atoms with Gasteiger partial charge in [0.2, 0.25) is 5.82 Å². The summed E-state index contributed by atoms with van der Waals surface area (Å²) in [5.74, 6) is 0.435. The maximum Gasteiger partial charge on any atom is 0.292 e. The first-order chi connectivity index (χ1) is 14.1. The third-order valence-electron chi connectivity index (χ3n) is 5.67. The minimum Gasteiger partial charge on any atom is -0.337 e. The number of hydrogen-bond acceptors (Lipinski definition) is 3. The molecule has 6 heteroatoms. The number of para-hydroxylation sites is 1. The molecule has 0 bridgehead atoms. The lowest BCUT2D eigenvalue weighted by Gasteiger charge is -2.29. The van der Waals surface area contributed by atoms with Crippen LogP contribution in [0.3, 0.4) is 0 Å². The first-order valence-corrected chi connectivity index (χ1v) is 10.2. The Labute approximate surface area is 170 Å². The molecule has 2 amide bonds. The molecule has 1 aromatic carbocycles. The Hall–Kier alpha value is -3.15. The quantitative estimate of drug-likeness (QED) is 0.732. The average molecular weight is 390 g/mol. The maximum atomic E-state index is 13.1. The van der Waals surface area contributed by atoms with Crippen molar-refractivity contribution in [1.29, 1.82) is 0 Å². The van der Waals surface area contributed by atoms with Gasteiger partial charge in [0.05, 0.1) is 5.52 Å². The number of piperidine rings is 1. The van der Waals surface area contributed by atoms with Crippen LogP contribution in [0, 0.1) is 5.92 Å². The largest absolute Gasteiger partial charge is 0.337 e. The Bertz CT molecular complexity index is 1050. The van der Waals surface area contributed by atoms with Crippen LogP contribution in [0.5, 0.6) is 0 Å². The normalized spacial score (nSPS) is 14.9. The average Bonchev–Trinajstić information content (AvgIpc) is 3.14. The number of pyridine rings is 1. The van der Waals surface area contributed by atoms with Crippen molar-refractivity contribution in [3.63, 3.8) is 0 Å². The van der Waals surface area contributed by atoms with Gasteiger partial charge in [-0.05, 0) is 48.9 Å². The zero-order valence-corrected chi connectivity index (χ0v) is 16.9. The lowest BCUT2D eigenvalue weighted by atomic mass is 9.99. The molecule has 0 aliphatic carbocycles. The van der Waals surface area contributed by atoms with Gasteiger partial charge in [-0.1, -0.05) is 38.1 Å². The summed E-state index contributed by atoms with van der Waals surface area (Å²) in [6.07, 6.45) is 4.59. The van der Waals surface area contributed by atoms with Crippen LogP contribution in [-0.2, 0) is 6.42 Å². The number of nitrogens with zero attached hydrogens (tertiary/aromatic N) is 3. The van der Waals surface area contributed by atoms with E-state index in [1.165, 1.54) is 0 Å². The lowest BCUT2D eigenvalue weighted by Crippen LogP contribution is -2.38. The number of carbonyl (C=O) groups excluding carboxylic acids is 2. The Morgan fingerprint density at radius 3 is 2.59 bits per heavy atom. The van der Waals surface area contributed by atoms with E-state index in [-0.39, 0.29) is 17.6 Å². The van der Waals surface area contributed by atoms with E-state index in [0.717, 1.165) is 43.6 Å². The third kappa shape index (κ3) is 3.75. The molecule has 0 saturated carbocycles. The fraction of sp³-hybridized carbons (Fsp3) is 0.348. The molecule has 1 aliphatic heterocycles. The third-order valence-corrected chi connectivity index (χ3v) is 5.67. The number of amides is 2. The Kier molecular flexibility index (Phi) is 5.34. The molecule has 0 atom stereocenters. The van der Waals surface area contributed by atoms with Crippen molar-refractivity contribution in [3.8, 4) is 0 Å². The molecule has 4 rings (SSSR count). The van der Waals surface area contributed by atoms with Gasteiger partial charge in [-0.15, -0.1) is 0 Å². The van der Waals surface area contributed by atoms with Crippen LogP contribution in [0.25, 0.3) is 5.52 Å². The molecule has 2 aromatic heterocycles. The molecule has 29 heavy (non-hydrogen) atoms. The van der Waals surface area contributed by atoms with E-state index < -0.39 is 0 Å². The van der Waals surface area contributed by atoms with Crippen molar-refractivity contribution < 1.29 is 9.59 Å². The van der Waals surface area contributed by atoms with Crippen molar-refractivity contribution in [1.82, 2.24) is 14.3 Å². The molecular formula is C23H26N4O2. The van der Waals surface area contributed by atoms with E-state index in [0.29, 0.717) is 17.1 Å². The van der Waals surface area contributed by atoms with Crippen LogP contribution in [0.1, 0.15) is 53.4 Å². The predicted octanol–water partition coefficient (Wildman–Crippen LogP) is 4.02. The maximum absolute atomic E-state index is 13.1. The number of fused-ring (bicyclic) bond motifs is 1. The highest BCUT2D eigenvalue weighted by molar-refractivity contribution is 6.06. The van der Waals surface area contributed by atoms with Crippen LogP contribution >= 0.6 is 0 Å². The number of likely N-dealkylation sites (tertiary alicyclic amines) is 1. The van der Waals surface area contributed by atoms with E-state index >= 15 is 0 Å². The Morgan fingerprint density at radius 1 is 1.10 bits per heavy atom. The monoisotopic (exact) mass is 390 g/mol. The van der Waals surface area contributed by atoms with Crippen LogP contribution in [0.4, 0.5) is 5.69 Å². The van der Waals surface area contributed by atoms with Gasteiger partial charge in [-0.25, -0.2) is 4.98 Å². The summed E-state index contributed by atoms with van der Waals surface area (Å²) in [4.78, 5) is 32.5.